The maximum absolute atomic E-state index is 11.9. The van der Waals surface area contributed by atoms with Crippen molar-refractivity contribution >= 4 is 5.91 Å². The molecule has 2 fully saturated rings. The molecule has 0 spiro atoms. The van der Waals surface area contributed by atoms with Crippen molar-refractivity contribution in [3.63, 3.8) is 0 Å². The standard InChI is InChI=1S/C20H30N2O3/c1-15-10-16(2)12-19(11-15)25-14-18(23)13-21-8-5-17(6-9-21)22-7-3-4-20(22)24/h10-12,17-18,23H,3-9,13-14H2,1-2H3. The third-order valence-electron chi connectivity index (χ3n) is 5.21. The van der Waals surface area contributed by atoms with E-state index in [2.05, 4.69) is 15.9 Å². The molecule has 5 nitrogen and oxygen atoms in total. The number of β-amino-alcohol motifs (C(OH)–C–C–N with tert-alkyl or cyclic N) is 1. The Morgan fingerprint density at radius 3 is 2.44 bits per heavy atom. The molecule has 1 N–H and O–H groups in total. The highest BCUT2D eigenvalue weighted by molar-refractivity contribution is 5.78. The summed E-state index contributed by atoms with van der Waals surface area (Å²) in [6.45, 7) is 7.84. The van der Waals surface area contributed by atoms with Gasteiger partial charge < -0.3 is 19.6 Å². The lowest BCUT2D eigenvalue weighted by Crippen LogP contribution is -2.47. The number of hydrogen-bond acceptors (Lipinski definition) is 4. The smallest absolute Gasteiger partial charge is 0.222 e. The van der Waals surface area contributed by atoms with Gasteiger partial charge in [-0.1, -0.05) is 6.07 Å². The highest BCUT2D eigenvalue weighted by atomic mass is 16.5. The van der Waals surface area contributed by atoms with Gasteiger partial charge in [0.1, 0.15) is 18.5 Å². The second-order valence-electron chi connectivity index (χ2n) is 7.51. The summed E-state index contributed by atoms with van der Waals surface area (Å²) in [6.07, 6.45) is 3.25. The number of aryl methyl sites for hydroxylation is 2. The summed E-state index contributed by atoms with van der Waals surface area (Å²) in [7, 11) is 0. The van der Waals surface area contributed by atoms with E-state index >= 15 is 0 Å². The molecule has 5 heteroatoms. The summed E-state index contributed by atoms with van der Waals surface area (Å²) in [5.41, 5.74) is 2.34. The molecule has 2 heterocycles. The lowest BCUT2D eigenvalue weighted by atomic mass is 10.0. The van der Waals surface area contributed by atoms with Gasteiger partial charge in [-0.2, -0.15) is 0 Å². The second kappa shape index (κ2) is 8.19. The van der Waals surface area contributed by atoms with Gasteiger partial charge in [0.2, 0.25) is 5.91 Å². The highest BCUT2D eigenvalue weighted by Crippen LogP contribution is 2.22. The fourth-order valence-corrected chi connectivity index (χ4v) is 4.03. The zero-order valence-corrected chi connectivity index (χ0v) is 15.4. The van der Waals surface area contributed by atoms with E-state index in [1.54, 1.807) is 0 Å². The molecule has 1 amide bonds. The summed E-state index contributed by atoms with van der Waals surface area (Å²) in [5, 5.41) is 10.3. The zero-order valence-electron chi connectivity index (χ0n) is 15.4. The molecule has 0 saturated carbocycles. The topological polar surface area (TPSA) is 53.0 Å². The van der Waals surface area contributed by atoms with Crippen molar-refractivity contribution in [2.45, 2.75) is 51.7 Å². The number of hydrogen-bond donors (Lipinski definition) is 1. The summed E-state index contributed by atoms with van der Waals surface area (Å²) in [5.74, 6) is 1.14. The van der Waals surface area contributed by atoms with Gasteiger partial charge in [0.15, 0.2) is 0 Å². The monoisotopic (exact) mass is 346 g/mol. The van der Waals surface area contributed by atoms with Crippen LogP contribution >= 0.6 is 0 Å². The first-order valence-corrected chi connectivity index (χ1v) is 9.42. The third kappa shape index (κ3) is 4.95. The van der Waals surface area contributed by atoms with Crippen LogP contribution in [0.25, 0.3) is 0 Å². The van der Waals surface area contributed by atoms with E-state index in [1.165, 1.54) is 11.1 Å². The van der Waals surface area contributed by atoms with Crippen LogP contribution < -0.4 is 4.74 Å². The Labute approximate surface area is 150 Å². The van der Waals surface area contributed by atoms with Gasteiger partial charge in [-0.05, 0) is 56.4 Å². The molecule has 1 aromatic carbocycles. The maximum Gasteiger partial charge on any atom is 0.222 e. The van der Waals surface area contributed by atoms with Gasteiger partial charge in [0, 0.05) is 38.6 Å². The second-order valence-corrected chi connectivity index (χ2v) is 7.51. The Bertz CT molecular complexity index is 576. The van der Waals surface area contributed by atoms with Crippen molar-refractivity contribution in [1.82, 2.24) is 9.80 Å². The van der Waals surface area contributed by atoms with Crippen LogP contribution in [0.5, 0.6) is 5.75 Å². The van der Waals surface area contributed by atoms with E-state index in [1.807, 2.05) is 26.0 Å². The number of benzene rings is 1. The molecule has 1 aromatic rings. The fraction of sp³-hybridized carbons (Fsp3) is 0.650. The van der Waals surface area contributed by atoms with Crippen molar-refractivity contribution in [3.05, 3.63) is 29.3 Å². The van der Waals surface area contributed by atoms with E-state index in [0.717, 1.165) is 44.6 Å². The first-order valence-electron chi connectivity index (χ1n) is 9.42. The van der Waals surface area contributed by atoms with Crippen LogP contribution in [0.4, 0.5) is 0 Å². The van der Waals surface area contributed by atoms with Gasteiger partial charge in [0.05, 0.1) is 0 Å². The number of aliphatic hydroxyl groups is 1. The van der Waals surface area contributed by atoms with Crippen LogP contribution in [0.15, 0.2) is 18.2 Å². The van der Waals surface area contributed by atoms with Gasteiger partial charge in [-0.25, -0.2) is 0 Å². The Kier molecular flexibility index (Phi) is 5.97. The van der Waals surface area contributed by atoms with Gasteiger partial charge in [-0.3, -0.25) is 4.79 Å². The SMILES string of the molecule is Cc1cc(C)cc(OCC(O)CN2CCC(N3CCCC3=O)CC2)c1. The molecule has 1 atom stereocenters. The molecule has 1 unspecified atom stereocenters. The Hall–Kier alpha value is -1.59. The average Bonchev–Trinajstić information content (AvgIpc) is 2.99. The van der Waals surface area contributed by atoms with Crippen LogP contribution in [0.1, 0.15) is 36.8 Å². The minimum Gasteiger partial charge on any atom is -0.491 e. The van der Waals surface area contributed by atoms with E-state index < -0.39 is 6.10 Å². The third-order valence-corrected chi connectivity index (χ3v) is 5.21. The molecule has 0 bridgehead atoms. The molecule has 0 aliphatic carbocycles. The first-order chi connectivity index (χ1) is 12.0. The number of nitrogens with zero attached hydrogens (tertiary/aromatic N) is 2. The average molecular weight is 346 g/mol. The molecule has 2 saturated heterocycles. The largest absolute Gasteiger partial charge is 0.491 e. The quantitative estimate of drug-likeness (QED) is 0.857. The molecule has 138 valence electrons. The maximum atomic E-state index is 11.9. The molecular weight excluding hydrogens is 316 g/mol. The normalized spacial score (nSPS) is 20.9. The number of aliphatic hydroxyl groups excluding tert-OH is 1. The van der Waals surface area contributed by atoms with Crippen LogP contribution in [-0.2, 0) is 4.79 Å². The van der Waals surface area contributed by atoms with Gasteiger partial charge in [-0.15, -0.1) is 0 Å². The Morgan fingerprint density at radius 2 is 1.84 bits per heavy atom. The predicted octanol–water partition coefficient (Wildman–Crippen LogP) is 2.13. The molecule has 2 aliphatic heterocycles. The van der Waals surface area contributed by atoms with E-state index in [-0.39, 0.29) is 0 Å². The van der Waals surface area contributed by atoms with Crippen molar-refractivity contribution in [2.24, 2.45) is 0 Å². The first kappa shape index (κ1) is 18.2. The minimum absolute atomic E-state index is 0.313. The minimum atomic E-state index is -0.495. The lowest BCUT2D eigenvalue weighted by molar-refractivity contribution is -0.130. The van der Waals surface area contributed by atoms with Crippen LogP contribution in [0.2, 0.25) is 0 Å². The Balaban J connectivity index is 1.40. The number of piperidine rings is 1. The Morgan fingerprint density at radius 1 is 1.16 bits per heavy atom. The van der Waals surface area contributed by atoms with Crippen LogP contribution in [-0.4, -0.2) is 65.7 Å². The van der Waals surface area contributed by atoms with Gasteiger partial charge >= 0.3 is 0 Å². The number of carbonyl (C=O) groups is 1. The van der Waals surface area contributed by atoms with E-state index in [0.29, 0.717) is 31.5 Å². The predicted molar refractivity (Wildman–Crippen MR) is 97.8 cm³/mol. The summed E-state index contributed by atoms with van der Waals surface area (Å²) < 4.78 is 5.76. The van der Waals surface area contributed by atoms with Crippen molar-refractivity contribution < 1.29 is 14.6 Å². The summed E-state index contributed by atoms with van der Waals surface area (Å²) in [6, 6.07) is 6.50. The molecule has 3 rings (SSSR count). The number of likely N-dealkylation sites (tertiary alicyclic amines) is 2. The van der Waals surface area contributed by atoms with Crippen LogP contribution in [0, 0.1) is 13.8 Å². The number of ether oxygens (including phenoxy) is 1. The fourth-order valence-electron chi connectivity index (χ4n) is 4.03. The molecule has 0 aromatic heterocycles. The number of carbonyl (C=O) groups excluding carboxylic acids is 1. The van der Waals surface area contributed by atoms with E-state index in [4.69, 9.17) is 4.74 Å². The molecule has 0 radical (unpaired) electrons. The molecule has 25 heavy (non-hydrogen) atoms. The number of amides is 1. The summed E-state index contributed by atoms with van der Waals surface area (Å²) in [4.78, 5) is 16.2. The van der Waals surface area contributed by atoms with Crippen molar-refractivity contribution in [1.29, 1.82) is 0 Å². The highest BCUT2D eigenvalue weighted by Gasteiger charge is 2.31. The lowest BCUT2D eigenvalue weighted by Gasteiger charge is -2.37. The molecule has 2 aliphatic rings. The van der Waals surface area contributed by atoms with E-state index in [9.17, 15) is 9.90 Å². The molecular formula is C20H30N2O3. The zero-order chi connectivity index (χ0) is 17.8. The van der Waals surface area contributed by atoms with Crippen LogP contribution in [0.3, 0.4) is 0 Å². The van der Waals surface area contributed by atoms with Gasteiger partial charge in [0.25, 0.3) is 0 Å². The number of rotatable bonds is 6. The summed E-state index contributed by atoms with van der Waals surface area (Å²) >= 11 is 0. The van der Waals surface area contributed by atoms with Crippen molar-refractivity contribution in [3.8, 4) is 5.75 Å². The van der Waals surface area contributed by atoms with Crippen molar-refractivity contribution in [2.75, 3.05) is 32.8 Å².